The average molecular weight is 327 g/mol. The molecule has 0 radical (unpaired) electrons. The molecular formula is C17H21N5O2. The molecule has 1 fully saturated rings. The third-order valence-electron chi connectivity index (χ3n) is 4.80. The monoisotopic (exact) mass is 327 g/mol. The number of aromatic amines is 1. The predicted octanol–water partition coefficient (Wildman–Crippen LogP) is 1.79. The smallest absolute Gasteiger partial charge is 0.326 e. The zero-order valence-corrected chi connectivity index (χ0v) is 13.8. The van der Waals surface area contributed by atoms with E-state index in [-0.39, 0.29) is 11.8 Å². The van der Waals surface area contributed by atoms with E-state index in [1.165, 1.54) is 0 Å². The van der Waals surface area contributed by atoms with Crippen LogP contribution in [0.25, 0.3) is 11.0 Å². The quantitative estimate of drug-likeness (QED) is 0.766. The molecule has 0 spiro atoms. The van der Waals surface area contributed by atoms with E-state index in [0.717, 1.165) is 42.1 Å². The van der Waals surface area contributed by atoms with Crippen molar-refractivity contribution in [3.05, 3.63) is 46.9 Å². The molecular weight excluding hydrogens is 306 g/mol. The van der Waals surface area contributed by atoms with Gasteiger partial charge in [0.15, 0.2) is 0 Å². The number of nitrogens with one attached hydrogen (secondary N) is 2. The van der Waals surface area contributed by atoms with Crippen LogP contribution in [0.5, 0.6) is 0 Å². The molecule has 126 valence electrons. The van der Waals surface area contributed by atoms with E-state index in [4.69, 9.17) is 4.74 Å². The molecule has 0 unspecified atom stereocenters. The van der Waals surface area contributed by atoms with Crippen LogP contribution in [0, 0.1) is 5.92 Å². The highest BCUT2D eigenvalue weighted by Gasteiger charge is 2.32. The summed E-state index contributed by atoms with van der Waals surface area (Å²) >= 11 is 0. The van der Waals surface area contributed by atoms with Gasteiger partial charge in [0, 0.05) is 51.2 Å². The van der Waals surface area contributed by atoms with Gasteiger partial charge in [0.1, 0.15) is 11.9 Å². The van der Waals surface area contributed by atoms with E-state index in [0.29, 0.717) is 5.92 Å². The Labute approximate surface area is 139 Å². The molecule has 4 rings (SSSR count). The standard InChI is InChI=1S/C17H21N5O2/c1-21-7-6-18-16(21)15-11(5-8-24-15)10-19-12-3-4-13-14(9-12)22(2)17(23)20-13/h3-4,6-7,9,11,15,19H,5,8,10H2,1-2H3,(H,20,23)/t11-,15+/m0/s1. The van der Waals surface area contributed by atoms with Crippen LogP contribution in [0.4, 0.5) is 5.69 Å². The van der Waals surface area contributed by atoms with E-state index in [1.807, 2.05) is 42.2 Å². The van der Waals surface area contributed by atoms with Crippen molar-refractivity contribution in [3.8, 4) is 0 Å². The summed E-state index contributed by atoms with van der Waals surface area (Å²) < 4.78 is 9.54. The Kier molecular flexibility index (Phi) is 3.65. The number of benzene rings is 1. The maximum absolute atomic E-state index is 11.7. The van der Waals surface area contributed by atoms with Gasteiger partial charge in [-0.25, -0.2) is 9.78 Å². The van der Waals surface area contributed by atoms with Crippen LogP contribution >= 0.6 is 0 Å². The molecule has 0 aliphatic carbocycles. The zero-order valence-electron chi connectivity index (χ0n) is 13.8. The van der Waals surface area contributed by atoms with Gasteiger partial charge in [0.25, 0.3) is 0 Å². The van der Waals surface area contributed by atoms with E-state index in [2.05, 4.69) is 15.3 Å². The highest BCUT2D eigenvalue weighted by Crippen LogP contribution is 2.33. The number of aryl methyl sites for hydroxylation is 2. The van der Waals surface area contributed by atoms with Crippen LogP contribution in [-0.2, 0) is 18.8 Å². The summed E-state index contributed by atoms with van der Waals surface area (Å²) in [6.07, 6.45) is 4.79. The number of H-pyrrole nitrogens is 1. The van der Waals surface area contributed by atoms with Crippen molar-refractivity contribution in [1.29, 1.82) is 0 Å². The van der Waals surface area contributed by atoms with Gasteiger partial charge in [-0.3, -0.25) is 4.57 Å². The van der Waals surface area contributed by atoms with Crippen LogP contribution in [0.2, 0.25) is 0 Å². The first kappa shape index (κ1) is 15.0. The topological polar surface area (TPSA) is 76.9 Å². The number of hydrogen-bond donors (Lipinski definition) is 2. The minimum atomic E-state index is -0.0961. The number of hydrogen-bond acceptors (Lipinski definition) is 4. The molecule has 0 saturated carbocycles. The van der Waals surface area contributed by atoms with Crippen molar-refractivity contribution in [2.75, 3.05) is 18.5 Å². The molecule has 3 heterocycles. The van der Waals surface area contributed by atoms with E-state index in [1.54, 1.807) is 11.6 Å². The Morgan fingerprint density at radius 3 is 3.08 bits per heavy atom. The summed E-state index contributed by atoms with van der Waals surface area (Å²) in [4.78, 5) is 18.9. The van der Waals surface area contributed by atoms with Crippen molar-refractivity contribution in [2.24, 2.45) is 20.0 Å². The molecule has 0 amide bonds. The lowest BCUT2D eigenvalue weighted by Gasteiger charge is -2.19. The number of ether oxygens (including phenoxy) is 1. The van der Waals surface area contributed by atoms with Gasteiger partial charge in [0.05, 0.1) is 11.0 Å². The largest absolute Gasteiger partial charge is 0.385 e. The van der Waals surface area contributed by atoms with Gasteiger partial charge in [-0.15, -0.1) is 0 Å². The van der Waals surface area contributed by atoms with Crippen molar-refractivity contribution >= 4 is 16.7 Å². The lowest BCUT2D eigenvalue weighted by Crippen LogP contribution is -2.20. The predicted molar refractivity (Wildman–Crippen MR) is 92.0 cm³/mol. The van der Waals surface area contributed by atoms with Gasteiger partial charge < -0.3 is 19.6 Å². The normalized spacial score (nSPS) is 20.8. The molecule has 1 saturated heterocycles. The van der Waals surface area contributed by atoms with Gasteiger partial charge in [-0.2, -0.15) is 0 Å². The first-order valence-corrected chi connectivity index (χ1v) is 8.15. The van der Waals surface area contributed by atoms with E-state index in [9.17, 15) is 4.79 Å². The maximum atomic E-state index is 11.7. The Balaban J connectivity index is 1.51. The average Bonchev–Trinajstić information content (AvgIpc) is 3.26. The minimum absolute atomic E-state index is 0.0258. The number of nitrogens with zero attached hydrogens (tertiary/aromatic N) is 3. The summed E-state index contributed by atoms with van der Waals surface area (Å²) in [5, 5.41) is 3.48. The van der Waals surface area contributed by atoms with Gasteiger partial charge in [-0.1, -0.05) is 0 Å². The maximum Gasteiger partial charge on any atom is 0.326 e. The highest BCUT2D eigenvalue weighted by atomic mass is 16.5. The summed E-state index contributed by atoms with van der Waals surface area (Å²) in [5.41, 5.74) is 2.65. The van der Waals surface area contributed by atoms with Crippen LogP contribution in [0.1, 0.15) is 18.3 Å². The lowest BCUT2D eigenvalue weighted by atomic mass is 10.0. The van der Waals surface area contributed by atoms with Crippen molar-refractivity contribution in [3.63, 3.8) is 0 Å². The number of anilines is 1. The Bertz CT molecular complexity index is 923. The summed E-state index contributed by atoms with van der Waals surface area (Å²) in [5.74, 6) is 1.35. The molecule has 1 aliphatic rings. The second kappa shape index (κ2) is 5.83. The van der Waals surface area contributed by atoms with Crippen LogP contribution < -0.4 is 11.0 Å². The minimum Gasteiger partial charge on any atom is -0.385 e. The number of fused-ring (bicyclic) bond motifs is 1. The fraction of sp³-hybridized carbons (Fsp3) is 0.412. The molecule has 7 heteroatoms. The third kappa shape index (κ3) is 2.50. The lowest BCUT2D eigenvalue weighted by molar-refractivity contribution is 0.0839. The Morgan fingerprint density at radius 1 is 1.42 bits per heavy atom. The van der Waals surface area contributed by atoms with Gasteiger partial charge in [0.2, 0.25) is 0 Å². The van der Waals surface area contributed by atoms with Gasteiger partial charge >= 0.3 is 5.69 Å². The molecule has 3 aromatic rings. The molecule has 0 bridgehead atoms. The summed E-state index contributed by atoms with van der Waals surface area (Å²) in [6, 6.07) is 5.92. The fourth-order valence-electron chi connectivity index (χ4n) is 3.36. The molecule has 1 aliphatic heterocycles. The van der Waals surface area contributed by atoms with Crippen molar-refractivity contribution < 1.29 is 4.74 Å². The molecule has 7 nitrogen and oxygen atoms in total. The molecule has 24 heavy (non-hydrogen) atoms. The summed E-state index contributed by atoms with van der Waals surface area (Å²) in [7, 11) is 3.77. The van der Waals surface area contributed by atoms with Crippen LogP contribution in [0.15, 0.2) is 35.4 Å². The fourth-order valence-corrected chi connectivity index (χ4v) is 3.36. The number of rotatable bonds is 4. The summed E-state index contributed by atoms with van der Waals surface area (Å²) in [6.45, 7) is 1.57. The second-order valence-corrected chi connectivity index (χ2v) is 6.34. The zero-order chi connectivity index (χ0) is 16.7. The molecule has 2 atom stereocenters. The second-order valence-electron chi connectivity index (χ2n) is 6.34. The SMILES string of the molecule is Cn1ccnc1[C@@H]1OCC[C@H]1CNc1ccc2[nH]c(=O)n(C)c2c1. The number of aromatic nitrogens is 4. The third-order valence-corrected chi connectivity index (χ3v) is 4.80. The molecule has 1 aromatic carbocycles. The first-order chi connectivity index (χ1) is 11.6. The first-order valence-electron chi connectivity index (χ1n) is 8.15. The molecule has 2 aromatic heterocycles. The Morgan fingerprint density at radius 2 is 2.29 bits per heavy atom. The number of imidazole rings is 2. The van der Waals surface area contributed by atoms with Crippen molar-refractivity contribution in [2.45, 2.75) is 12.5 Å². The van der Waals surface area contributed by atoms with Crippen LogP contribution in [-0.4, -0.2) is 32.3 Å². The van der Waals surface area contributed by atoms with Crippen LogP contribution in [0.3, 0.4) is 0 Å². The molecule has 2 N–H and O–H groups in total. The van der Waals surface area contributed by atoms with Crippen molar-refractivity contribution in [1.82, 2.24) is 19.1 Å². The highest BCUT2D eigenvalue weighted by molar-refractivity contribution is 5.79. The van der Waals surface area contributed by atoms with E-state index < -0.39 is 0 Å². The van der Waals surface area contributed by atoms with Gasteiger partial charge in [-0.05, 0) is 24.6 Å². The van der Waals surface area contributed by atoms with E-state index >= 15 is 0 Å². The Hall–Kier alpha value is -2.54.